The number of anilines is 1. The molecule has 29 heavy (non-hydrogen) atoms. The SMILES string of the molecule is CCC(CC)Nc1nc(C#C[C@]2(O)CCC[C@@H](C)C2)nc2c1ncn2CCCO. The Balaban J connectivity index is 1.99. The standard InChI is InChI=1S/C22H33N5O2/c1-4-17(5-2)24-20-19-21(27(15-23-19)12-7-13-28)26-18(25-20)9-11-22(29)10-6-8-16(3)14-22/h15-17,28-29H,4-8,10,12-14H2,1-3H3,(H,24,25,26)/t16-,22-/m1/s1. The maximum absolute atomic E-state index is 10.8. The molecule has 0 aromatic carbocycles. The molecule has 1 aliphatic rings. The molecule has 0 aliphatic heterocycles. The minimum Gasteiger partial charge on any atom is -0.396 e. The van der Waals surface area contributed by atoms with Crippen LogP contribution in [-0.4, -0.2) is 48.0 Å². The molecule has 2 aromatic heterocycles. The van der Waals surface area contributed by atoms with Crippen molar-refractivity contribution in [1.29, 1.82) is 0 Å². The Hall–Kier alpha value is -2.17. The number of hydrogen-bond donors (Lipinski definition) is 3. The van der Waals surface area contributed by atoms with Gasteiger partial charge in [0, 0.05) is 19.2 Å². The van der Waals surface area contributed by atoms with Crippen molar-refractivity contribution in [2.45, 2.75) is 83.9 Å². The molecular weight excluding hydrogens is 366 g/mol. The van der Waals surface area contributed by atoms with Gasteiger partial charge in [0.1, 0.15) is 5.60 Å². The molecule has 0 radical (unpaired) electrons. The molecule has 0 unspecified atom stereocenters. The molecule has 1 aliphatic carbocycles. The van der Waals surface area contributed by atoms with Crippen molar-refractivity contribution in [2.24, 2.45) is 5.92 Å². The highest BCUT2D eigenvalue weighted by Crippen LogP contribution is 2.31. The van der Waals surface area contributed by atoms with E-state index in [1.807, 2.05) is 4.57 Å². The lowest BCUT2D eigenvalue weighted by molar-refractivity contribution is 0.0410. The van der Waals surface area contributed by atoms with Crippen molar-refractivity contribution in [3.8, 4) is 11.8 Å². The van der Waals surface area contributed by atoms with E-state index in [4.69, 9.17) is 0 Å². The molecule has 0 saturated heterocycles. The van der Waals surface area contributed by atoms with Crippen LogP contribution in [0.15, 0.2) is 6.33 Å². The van der Waals surface area contributed by atoms with Crippen LogP contribution in [0.2, 0.25) is 0 Å². The second-order valence-corrected chi connectivity index (χ2v) is 8.22. The third-order valence-electron chi connectivity index (χ3n) is 5.73. The molecule has 7 heteroatoms. The predicted octanol–water partition coefficient (Wildman–Crippen LogP) is 3.10. The minimum atomic E-state index is -0.962. The van der Waals surface area contributed by atoms with Gasteiger partial charge >= 0.3 is 0 Å². The summed E-state index contributed by atoms with van der Waals surface area (Å²) < 4.78 is 1.92. The molecule has 2 aromatic rings. The molecule has 158 valence electrons. The highest BCUT2D eigenvalue weighted by atomic mass is 16.3. The number of rotatable bonds is 7. The number of fused-ring (bicyclic) bond motifs is 1. The van der Waals surface area contributed by atoms with E-state index in [-0.39, 0.29) is 6.61 Å². The molecule has 0 spiro atoms. The Morgan fingerprint density at radius 3 is 2.83 bits per heavy atom. The Kier molecular flexibility index (Phi) is 7.09. The van der Waals surface area contributed by atoms with Crippen molar-refractivity contribution < 1.29 is 10.2 Å². The van der Waals surface area contributed by atoms with E-state index in [0.717, 1.165) is 25.7 Å². The van der Waals surface area contributed by atoms with Crippen LogP contribution in [-0.2, 0) is 6.54 Å². The Morgan fingerprint density at radius 1 is 1.34 bits per heavy atom. The van der Waals surface area contributed by atoms with Gasteiger partial charge in [0.05, 0.1) is 6.33 Å². The fourth-order valence-corrected chi connectivity index (χ4v) is 4.00. The quantitative estimate of drug-likeness (QED) is 0.619. The number of nitrogens with zero attached hydrogens (tertiary/aromatic N) is 4. The maximum Gasteiger partial charge on any atom is 0.209 e. The van der Waals surface area contributed by atoms with Gasteiger partial charge in [-0.05, 0) is 50.4 Å². The summed E-state index contributed by atoms with van der Waals surface area (Å²) in [5.41, 5.74) is 0.455. The van der Waals surface area contributed by atoms with Gasteiger partial charge in [0.25, 0.3) is 0 Å². The number of nitrogens with one attached hydrogen (secondary N) is 1. The van der Waals surface area contributed by atoms with Crippen LogP contribution in [0.3, 0.4) is 0 Å². The van der Waals surface area contributed by atoms with Crippen molar-refractivity contribution in [1.82, 2.24) is 19.5 Å². The number of hydrogen-bond acceptors (Lipinski definition) is 6. The fraction of sp³-hybridized carbons (Fsp3) is 0.682. The predicted molar refractivity (Wildman–Crippen MR) is 114 cm³/mol. The zero-order chi connectivity index (χ0) is 20.9. The van der Waals surface area contributed by atoms with E-state index in [9.17, 15) is 10.2 Å². The second kappa shape index (κ2) is 9.55. The van der Waals surface area contributed by atoms with Crippen LogP contribution < -0.4 is 5.32 Å². The Labute approximate surface area is 173 Å². The largest absolute Gasteiger partial charge is 0.396 e. The first-order chi connectivity index (χ1) is 14.0. The smallest absolute Gasteiger partial charge is 0.209 e. The van der Waals surface area contributed by atoms with E-state index in [2.05, 4.69) is 52.9 Å². The average Bonchev–Trinajstić information content (AvgIpc) is 3.11. The van der Waals surface area contributed by atoms with Gasteiger partial charge in [-0.25, -0.2) is 15.0 Å². The third kappa shape index (κ3) is 5.26. The summed E-state index contributed by atoms with van der Waals surface area (Å²) >= 11 is 0. The first-order valence-corrected chi connectivity index (χ1v) is 10.8. The molecule has 2 heterocycles. The maximum atomic E-state index is 10.8. The summed E-state index contributed by atoms with van der Waals surface area (Å²) in [6.45, 7) is 7.18. The van der Waals surface area contributed by atoms with Crippen LogP contribution in [0.4, 0.5) is 5.82 Å². The van der Waals surface area contributed by atoms with Gasteiger partial charge in [0.15, 0.2) is 17.0 Å². The number of aryl methyl sites for hydroxylation is 1. The molecule has 3 rings (SSSR count). The highest BCUT2D eigenvalue weighted by molar-refractivity contribution is 5.83. The molecule has 3 N–H and O–H groups in total. The number of imidazole rings is 1. The molecule has 0 bridgehead atoms. The van der Waals surface area contributed by atoms with Crippen LogP contribution in [0.1, 0.15) is 71.5 Å². The zero-order valence-electron chi connectivity index (χ0n) is 17.8. The van der Waals surface area contributed by atoms with Gasteiger partial charge in [-0.15, -0.1) is 0 Å². The van der Waals surface area contributed by atoms with E-state index in [1.54, 1.807) is 6.33 Å². The Morgan fingerprint density at radius 2 is 2.14 bits per heavy atom. The summed E-state index contributed by atoms with van der Waals surface area (Å²) in [6.07, 6.45) is 7.83. The highest BCUT2D eigenvalue weighted by Gasteiger charge is 2.30. The van der Waals surface area contributed by atoms with Gasteiger partial charge in [-0.3, -0.25) is 0 Å². The zero-order valence-corrected chi connectivity index (χ0v) is 17.8. The van der Waals surface area contributed by atoms with E-state index >= 15 is 0 Å². The van der Waals surface area contributed by atoms with E-state index in [0.29, 0.717) is 60.6 Å². The van der Waals surface area contributed by atoms with Crippen molar-refractivity contribution in [2.75, 3.05) is 11.9 Å². The lowest BCUT2D eigenvalue weighted by atomic mass is 9.79. The number of aliphatic hydroxyl groups excluding tert-OH is 1. The summed E-state index contributed by atoms with van der Waals surface area (Å²) in [4.78, 5) is 13.8. The topological polar surface area (TPSA) is 96.1 Å². The van der Waals surface area contributed by atoms with Crippen LogP contribution >= 0.6 is 0 Å². The fourth-order valence-electron chi connectivity index (χ4n) is 4.00. The van der Waals surface area contributed by atoms with Gasteiger partial charge in [0.2, 0.25) is 5.82 Å². The lowest BCUT2D eigenvalue weighted by Crippen LogP contribution is -2.32. The van der Waals surface area contributed by atoms with Crippen molar-refractivity contribution in [3.63, 3.8) is 0 Å². The van der Waals surface area contributed by atoms with Gasteiger partial charge < -0.3 is 20.1 Å². The van der Waals surface area contributed by atoms with Gasteiger partial charge in [-0.1, -0.05) is 33.1 Å². The van der Waals surface area contributed by atoms with Crippen molar-refractivity contribution >= 4 is 17.0 Å². The first kappa shape index (κ1) is 21.5. The molecular formula is C22H33N5O2. The first-order valence-electron chi connectivity index (χ1n) is 10.8. The van der Waals surface area contributed by atoms with Gasteiger partial charge in [-0.2, -0.15) is 0 Å². The Bertz CT molecular complexity index is 880. The van der Waals surface area contributed by atoms with Crippen LogP contribution in [0.5, 0.6) is 0 Å². The molecule has 0 amide bonds. The molecule has 1 saturated carbocycles. The summed E-state index contributed by atoms with van der Waals surface area (Å²) in [6, 6.07) is 0.292. The monoisotopic (exact) mass is 399 g/mol. The molecule has 7 nitrogen and oxygen atoms in total. The summed E-state index contributed by atoms with van der Waals surface area (Å²) in [5.74, 6) is 7.64. The summed E-state index contributed by atoms with van der Waals surface area (Å²) in [5, 5.41) is 23.5. The molecule has 1 fully saturated rings. The lowest BCUT2D eigenvalue weighted by Gasteiger charge is -2.30. The second-order valence-electron chi connectivity index (χ2n) is 8.22. The van der Waals surface area contributed by atoms with Crippen LogP contribution in [0.25, 0.3) is 11.2 Å². The molecule has 2 atom stereocenters. The average molecular weight is 400 g/mol. The normalized spacial score (nSPS) is 21.9. The van der Waals surface area contributed by atoms with Crippen molar-refractivity contribution in [3.05, 3.63) is 12.2 Å². The number of aliphatic hydroxyl groups is 2. The van der Waals surface area contributed by atoms with E-state index < -0.39 is 5.60 Å². The van der Waals surface area contributed by atoms with Crippen LogP contribution in [0, 0.1) is 17.8 Å². The van der Waals surface area contributed by atoms with E-state index in [1.165, 1.54) is 0 Å². The third-order valence-corrected chi connectivity index (χ3v) is 5.73. The minimum absolute atomic E-state index is 0.113. The number of aromatic nitrogens is 4. The summed E-state index contributed by atoms with van der Waals surface area (Å²) in [7, 11) is 0.